The van der Waals surface area contributed by atoms with Crippen LogP contribution in [0.3, 0.4) is 0 Å². The van der Waals surface area contributed by atoms with Crippen LogP contribution in [0.15, 0.2) is 53.1 Å². The van der Waals surface area contributed by atoms with Crippen LogP contribution in [0.5, 0.6) is 5.75 Å². The molecule has 1 aliphatic rings. The number of nitrogens with zero attached hydrogens (tertiary/aromatic N) is 4. The fraction of sp³-hybridized carbons (Fsp3) is 0.238. The highest BCUT2D eigenvalue weighted by atomic mass is 16.5. The summed E-state index contributed by atoms with van der Waals surface area (Å²) in [6, 6.07) is 13.5. The van der Waals surface area contributed by atoms with Crippen molar-refractivity contribution in [2.45, 2.75) is 25.3 Å². The summed E-state index contributed by atoms with van der Waals surface area (Å²) in [5.74, 6) is 1.36. The second-order valence-electron chi connectivity index (χ2n) is 7.10. The predicted octanol–water partition coefficient (Wildman–Crippen LogP) is 3.61. The second kappa shape index (κ2) is 7.05. The molecule has 5 rings (SSSR count). The molecule has 8 nitrogen and oxygen atoms in total. The van der Waals surface area contributed by atoms with Crippen LogP contribution in [0.4, 0.5) is 5.69 Å². The Morgan fingerprint density at radius 3 is 2.83 bits per heavy atom. The summed E-state index contributed by atoms with van der Waals surface area (Å²) in [7, 11) is 1.61. The Labute approximate surface area is 166 Å². The molecule has 0 unspecified atom stereocenters. The van der Waals surface area contributed by atoms with E-state index in [1.807, 2.05) is 47.1 Å². The van der Waals surface area contributed by atoms with Crippen molar-refractivity contribution in [3.8, 4) is 17.1 Å². The van der Waals surface area contributed by atoms with E-state index in [1.165, 1.54) is 0 Å². The summed E-state index contributed by atoms with van der Waals surface area (Å²) in [5.41, 5.74) is 3.18. The highest BCUT2D eigenvalue weighted by Gasteiger charge is 2.28. The molecule has 4 aromatic rings. The summed E-state index contributed by atoms with van der Waals surface area (Å²) >= 11 is 0. The normalized spacial score (nSPS) is 13.6. The summed E-state index contributed by atoms with van der Waals surface area (Å²) in [6.07, 6.45) is 4.06. The molecule has 2 aromatic heterocycles. The zero-order chi connectivity index (χ0) is 19.8. The minimum absolute atomic E-state index is 0.112. The zero-order valence-corrected chi connectivity index (χ0v) is 15.8. The molecular formula is C21H19N5O3. The lowest BCUT2D eigenvalue weighted by atomic mass is 10.1. The number of anilines is 1. The smallest absolute Gasteiger partial charge is 0.228 e. The summed E-state index contributed by atoms with van der Waals surface area (Å²) < 4.78 is 12.6. The fourth-order valence-electron chi connectivity index (χ4n) is 3.36. The van der Waals surface area contributed by atoms with E-state index in [0.29, 0.717) is 11.6 Å². The maximum absolute atomic E-state index is 12.5. The number of carbonyl (C=O) groups excluding carboxylic acids is 1. The summed E-state index contributed by atoms with van der Waals surface area (Å²) in [6.45, 7) is 0. The molecule has 0 aliphatic heterocycles. The maximum atomic E-state index is 12.5. The van der Waals surface area contributed by atoms with Gasteiger partial charge in [-0.2, -0.15) is 0 Å². The van der Waals surface area contributed by atoms with E-state index >= 15 is 0 Å². The minimum atomic E-state index is -0.112. The van der Waals surface area contributed by atoms with E-state index in [-0.39, 0.29) is 12.3 Å². The molecule has 29 heavy (non-hydrogen) atoms. The lowest BCUT2D eigenvalue weighted by molar-refractivity contribution is -0.115. The predicted molar refractivity (Wildman–Crippen MR) is 107 cm³/mol. The molecule has 0 bridgehead atoms. The Kier molecular flexibility index (Phi) is 4.23. The third-order valence-electron chi connectivity index (χ3n) is 5.03. The number of fused-ring (bicyclic) bond motifs is 1. The number of hydrogen-bond acceptors (Lipinski definition) is 6. The number of methoxy groups -OCH3 is 1. The van der Waals surface area contributed by atoms with Gasteiger partial charge in [0.05, 0.1) is 25.8 Å². The van der Waals surface area contributed by atoms with Crippen LogP contribution in [-0.2, 0) is 11.2 Å². The average Bonchev–Trinajstić information content (AvgIpc) is 3.34. The molecule has 1 aliphatic carbocycles. The monoisotopic (exact) mass is 389 g/mol. The zero-order valence-electron chi connectivity index (χ0n) is 15.8. The first kappa shape index (κ1) is 17.4. The second-order valence-corrected chi connectivity index (χ2v) is 7.10. The number of benzene rings is 2. The van der Waals surface area contributed by atoms with Crippen molar-refractivity contribution < 1.29 is 13.9 Å². The van der Waals surface area contributed by atoms with E-state index in [9.17, 15) is 4.79 Å². The molecule has 0 saturated heterocycles. The van der Waals surface area contributed by atoms with Crippen molar-refractivity contribution in [3.63, 3.8) is 0 Å². The Bertz CT molecular complexity index is 1170. The summed E-state index contributed by atoms with van der Waals surface area (Å²) in [5, 5.41) is 15.8. The summed E-state index contributed by atoms with van der Waals surface area (Å²) in [4.78, 5) is 12.5. The quantitative estimate of drug-likeness (QED) is 0.541. The molecule has 146 valence electrons. The lowest BCUT2D eigenvalue weighted by Crippen LogP contribution is -2.14. The van der Waals surface area contributed by atoms with Gasteiger partial charge >= 0.3 is 0 Å². The molecule has 2 heterocycles. The van der Waals surface area contributed by atoms with Gasteiger partial charge in [0.15, 0.2) is 5.82 Å². The van der Waals surface area contributed by atoms with Crippen molar-refractivity contribution in [2.75, 3.05) is 12.4 Å². The van der Waals surface area contributed by atoms with Crippen molar-refractivity contribution in [2.24, 2.45) is 0 Å². The Balaban J connectivity index is 1.28. The van der Waals surface area contributed by atoms with Crippen LogP contribution in [0.2, 0.25) is 0 Å². The number of rotatable bonds is 6. The number of aromatic nitrogens is 4. The molecule has 1 saturated carbocycles. The van der Waals surface area contributed by atoms with Crippen LogP contribution < -0.4 is 10.1 Å². The van der Waals surface area contributed by atoms with Gasteiger partial charge in [-0.25, -0.2) is 4.68 Å². The maximum Gasteiger partial charge on any atom is 0.228 e. The van der Waals surface area contributed by atoms with Gasteiger partial charge in [-0.3, -0.25) is 4.79 Å². The molecule has 0 radical (unpaired) electrons. The topological polar surface area (TPSA) is 95.1 Å². The SMILES string of the molecule is COc1ccc2c(CC(=O)Nc3ccc(-c4nnnn4C4CC4)cc3)coc2c1. The third kappa shape index (κ3) is 3.44. The Morgan fingerprint density at radius 2 is 2.07 bits per heavy atom. The first-order chi connectivity index (χ1) is 14.2. The van der Waals surface area contributed by atoms with Crippen molar-refractivity contribution in [3.05, 3.63) is 54.3 Å². The van der Waals surface area contributed by atoms with E-state index in [4.69, 9.17) is 9.15 Å². The van der Waals surface area contributed by atoms with E-state index in [0.717, 1.165) is 46.6 Å². The largest absolute Gasteiger partial charge is 0.497 e. The van der Waals surface area contributed by atoms with Crippen molar-refractivity contribution in [1.82, 2.24) is 20.2 Å². The van der Waals surface area contributed by atoms with Crippen LogP contribution in [0.1, 0.15) is 24.4 Å². The van der Waals surface area contributed by atoms with Gasteiger partial charge in [0.25, 0.3) is 0 Å². The number of tetrazole rings is 1. The molecule has 1 N–H and O–H groups in total. The Morgan fingerprint density at radius 1 is 1.24 bits per heavy atom. The Hall–Kier alpha value is -3.68. The van der Waals surface area contributed by atoms with Gasteiger partial charge in [0.1, 0.15) is 11.3 Å². The molecule has 2 aromatic carbocycles. The molecular weight excluding hydrogens is 370 g/mol. The van der Waals surface area contributed by atoms with Gasteiger partial charge < -0.3 is 14.5 Å². The van der Waals surface area contributed by atoms with Gasteiger partial charge in [-0.15, -0.1) is 5.10 Å². The molecule has 0 atom stereocenters. The van der Waals surface area contributed by atoms with Gasteiger partial charge in [0.2, 0.25) is 5.91 Å². The number of ether oxygens (including phenoxy) is 1. The number of amides is 1. The van der Waals surface area contributed by atoms with Crippen LogP contribution >= 0.6 is 0 Å². The molecule has 0 spiro atoms. The van der Waals surface area contributed by atoms with Crippen LogP contribution in [0.25, 0.3) is 22.4 Å². The lowest BCUT2D eigenvalue weighted by Gasteiger charge is -2.07. The van der Waals surface area contributed by atoms with Gasteiger partial charge in [-0.05, 0) is 59.7 Å². The van der Waals surface area contributed by atoms with Gasteiger partial charge in [0, 0.05) is 28.3 Å². The first-order valence-corrected chi connectivity index (χ1v) is 9.43. The number of furan rings is 1. The minimum Gasteiger partial charge on any atom is -0.497 e. The fourth-order valence-corrected chi connectivity index (χ4v) is 3.36. The number of hydrogen-bond donors (Lipinski definition) is 1. The van der Waals surface area contributed by atoms with Crippen LogP contribution in [-0.4, -0.2) is 33.2 Å². The van der Waals surface area contributed by atoms with E-state index < -0.39 is 0 Å². The average molecular weight is 389 g/mol. The molecule has 1 amide bonds. The molecule has 1 fully saturated rings. The van der Waals surface area contributed by atoms with E-state index in [1.54, 1.807) is 13.4 Å². The highest BCUT2D eigenvalue weighted by molar-refractivity contribution is 5.95. The van der Waals surface area contributed by atoms with Crippen LogP contribution in [0, 0.1) is 0 Å². The molecule has 8 heteroatoms. The third-order valence-corrected chi connectivity index (χ3v) is 5.03. The first-order valence-electron chi connectivity index (χ1n) is 9.43. The van der Waals surface area contributed by atoms with Crippen molar-refractivity contribution >= 4 is 22.6 Å². The standard InChI is InChI=1S/C21H19N5O3/c1-28-17-8-9-18-14(12-29-19(18)11-17)10-20(27)22-15-4-2-13(3-5-15)21-23-24-25-26(21)16-6-7-16/h2-5,8-9,11-12,16H,6-7,10H2,1H3,(H,22,27). The van der Waals surface area contributed by atoms with Gasteiger partial charge in [-0.1, -0.05) is 0 Å². The number of nitrogens with one attached hydrogen (secondary N) is 1. The number of carbonyl (C=O) groups is 1. The van der Waals surface area contributed by atoms with Crippen molar-refractivity contribution in [1.29, 1.82) is 0 Å². The highest BCUT2D eigenvalue weighted by Crippen LogP contribution is 2.36. The van der Waals surface area contributed by atoms with E-state index in [2.05, 4.69) is 20.8 Å².